The van der Waals surface area contributed by atoms with E-state index in [0.29, 0.717) is 40.2 Å². The minimum atomic E-state index is -0.401. The molecule has 0 saturated carbocycles. The van der Waals surface area contributed by atoms with Crippen molar-refractivity contribution in [2.75, 3.05) is 32.0 Å². The molecule has 2 N–H and O–H groups in total. The van der Waals surface area contributed by atoms with Gasteiger partial charge in [0, 0.05) is 35.8 Å². The number of methoxy groups -OCH3 is 3. The first-order chi connectivity index (χ1) is 13.5. The van der Waals surface area contributed by atoms with E-state index < -0.39 is 5.91 Å². The zero-order chi connectivity index (χ0) is 20.1. The molecule has 9 heteroatoms. The number of amides is 1. The van der Waals surface area contributed by atoms with Crippen molar-refractivity contribution in [1.82, 2.24) is 10.1 Å². The number of pyridine rings is 1. The van der Waals surface area contributed by atoms with Crippen LogP contribution < -0.4 is 24.8 Å². The van der Waals surface area contributed by atoms with Crippen molar-refractivity contribution in [3.63, 3.8) is 0 Å². The average molecular weight is 384 g/mol. The molecule has 2 heterocycles. The SMILES string of the molecule is COc1cc(Nc2ccnc(C(=O)Nc3cc(C)on3)c2)cc(OC)c1OC. The highest BCUT2D eigenvalue weighted by molar-refractivity contribution is 6.02. The van der Waals surface area contributed by atoms with Gasteiger partial charge in [0.1, 0.15) is 11.5 Å². The van der Waals surface area contributed by atoms with Crippen LogP contribution in [0, 0.1) is 6.92 Å². The molecule has 146 valence electrons. The highest BCUT2D eigenvalue weighted by atomic mass is 16.5. The molecule has 3 rings (SSSR count). The Morgan fingerprint density at radius 1 is 1.00 bits per heavy atom. The van der Waals surface area contributed by atoms with Gasteiger partial charge >= 0.3 is 0 Å². The molecule has 9 nitrogen and oxygen atoms in total. The molecule has 28 heavy (non-hydrogen) atoms. The number of nitrogens with zero attached hydrogens (tertiary/aromatic N) is 2. The van der Waals surface area contributed by atoms with Crippen molar-refractivity contribution in [2.24, 2.45) is 0 Å². The molecular weight excluding hydrogens is 364 g/mol. The van der Waals surface area contributed by atoms with Crippen LogP contribution in [0.4, 0.5) is 17.2 Å². The van der Waals surface area contributed by atoms with E-state index in [-0.39, 0.29) is 5.69 Å². The summed E-state index contributed by atoms with van der Waals surface area (Å²) in [5.41, 5.74) is 1.57. The second-order valence-corrected chi connectivity index (χ2v) is 5.75. The Balaban J connectivity index is 1.82. The molecular formula is C19H20N4O5. The second kappa shape index (κ2) is 8.30. The molecule has 3 aromatic rings. The predicted octanol–water partition coefficient (Wildman–Crippen LogP) is 3.40. The smallest absolute Gasteiger partial charge is 0.275 e. The molecule has 1 aromatic carbocycles. The number of hydrogen-bond donors (Lipinski definition) is 2. The Morgan fingerprint density at radius 2 is 1.71 bits per heavy atom. The summed E-state index contributed by atoms with van der Waals surface area (Å²) in [7, 11) is 4.63. The minimum Gasteiger partial charge on any atom is -0.493 e. The Bertz CT molecular complexity index is 961. The van der Waals surface area contributed by atoms with Gasteiger partial charge in [-0.25, -0.2) is 0 Å². The van der Waals surface area contributed by atoms with E-state index in [9.17, 15) is 4.79 Å². The lowest BCUT2D eigenvalue weighted by atomic mass is 10.2. The maximum absolute atomic E-state index is 12.4. The van der Waals surface area contributed by atoms with Gasteiger partial charge < -0.3 is 29.4 Å². The highest BCUT2D eigenvalue weighted by Gasteiger charge is 2.14. The first kappa shape index (κ1) is 19.0. The molecule has 0 fully saturated rings. The van der Waals surface area contributed by atoms with Gasteiger partial charge in [-0.3, -0.25) is 9.78 Å². The summed E-state index contributed by atoms with van der Waals surface area (Å²) in [6.07, 6.45) is 1.53. The standard InChI is InChI=1S/C19H20N4O5/c1-11-7-17(23-28-11)22-19(24)14-8-12(5-6-20-14)21-13-9-15(25-2)18(27-4)16(10-13)26-3/h5-10H,1-4H3,(H,20,21)(H,22,23,24). The lowest BCUT2D eigenvalue weighted by molar-refractivity contribution is 0.102. The lowest BCUT2D eigenvalue weighted by Crippen LogP contribution is -2.14. The number of aryl methyl sites for hydroxylation is 1. The van der Waals surface area contributed by atoms with Crippen molar-refractivity contribution >= 4 is 23.1 Å². The molecule has 0 atom stereocenters. The predicted molar refractivity (Wildman–Crippen MR) is 103 cm³/mol. The normalized spacial score (nSPS) is 10.3. The fourth-order valence-corrected chi connectivity index (χ4v) is 2.56. The van der Waals surface area contributed by atoms with E-state index >= 15 is 0 Å². The summed E-state index contributed by atoms with van der Waals surface area (Å²) in [5.74, 6) is 2.04. The van der Waals surface area contributed by atoms with Crippen LogP contribution in [0.5, 0.6) is 17.2 Å². The van der Waals surface area contributed by atoms with Crippen molar-refractivity contribution in [1.29, 1.82) is 0 Å². The average Bonchev–Trinajstić information content (AvgIpc) is 3.11. The summed E-state index contributed by atoms with van der Waals surface area (Å²) < 4.78 is 21.0. The minimum absolute atomic E-state index is 0.220. The van der Waals surface area contributed by atoms with E-state index in [1.807, 2.05) is 0 Å². The Labute approximate surface area is 161 Å². The number of hydrogen-bond acceptors (Lipinski definition) is 8. The highest BCUT2D eigenvalue weighted by Crippen LogP contribution is 2.40. The van der Waals surface area contributed by atoms with Crippen LogP contribution in [-0.2, 0) is 0 Å². The molecule has 0 aliphatic rings. The van der Waals surface area contributed by atoms with Gasteiger partial charge in [0.15, 0.2) is 17.3 Å². The lowest BCUT2D eigenvalue weighted by Gasteiger charge is -2.15. The summed E-state index contributed by atoms with van der Waals surface area (Å²) in [6.45, 7) is 1.74. The van der Waals surface area contributed by atoms with Crippen molar-refractivity contribution in [2.45, 2.75) is 6.92 Å². The van der Waals surface area contributed by atoms with Crippen molar-refractivity contribution in [3.8, 4) is 17.2 Å². The summed E-state index contributed by atoms with van der Waals surface area (Å²) in [6, 6.07) is 8.50. The van der Waals surface area contributed by atoms with E-state index in [1.54, 1.807) is 51.5 Å². The molecule has 0 aliphatic heterocycles. The van der Waals surface area contributed by atoms with Gasteiger partial charge in [-0.05, 0) is 19.1 Å². The summed E-state index contributed by atoms with van der Waals surface area (Å²) in [4.78, 5) is 16.5. The third-order valence-electron chi connectivity index (χ3n) is 3.82. The number of ether oxygens (including phenoxy) is 3. The Kier molecular flexibility index (Phi) is 5.64. The molecule has 0 unspecified atom stereocenters. The number of nitrogens with one attached hydrogen (secondary N) is 2. The van der Waals surface area contributed by atoms with Crippen LogP contribution in [0.25, 0.3) is 0 Å². The number of aromatic nitrogens is 2. The van der Waals surface area contributed by atoms with Gasteiger partial charge in [-0.2, -0.15) is 0 Å². The van der Waals surface area contributed by atoms with Gasteiger partial charge in [0.05, 0.1) is 21.3 Å². The Morgan fingerprint density at radius 3 is 2.29 bits per heavy atom. The monoisotopic (exact) mass is 384 g/mol. The van der Waals surface area contributed by atoms with Gasteiger partial charge in [-0.15, -0.1) is 0 Å². The maximum Gasteiger partial charge on any atom is 0.275 e. The summed E-state index contributed by atoms with van der Waals surface area (Å²) in [5, 5.41) is 9.57. The molecule has 1 amide bonds. The van der Waals surface area contributed by atoms with E-state index in [4.69, 9.17) is 18.7 Å². The third-order valence-corrected chi connectivity index (χ3v) is 3.82. The quantitative estimate of drug-likeness (QED) is 0.638. The number of rotatable bonds is 7. The van der Waals surface area contributed by atoms with Crippen LogP contribution in [0.2, 0.25) is 0 Å². The third kappa shape index (κ3) is 4.14. The van der Waals surface area contributed by atoms with Crippen LogP contribution in [0.1, 0.15) is 16.2 Å². The number of carbonyl (C=O) groups is 1. The molecule has 0 spiro atoms. The van der Waals surface area contributed by atoms with Crippen LogP contribution in [-0.4, -0.2) is 37.4 Å². The van der Waals surface area contributed by atoms with Crippen LogP contribution in [0.3, 0.4) is 0 Å². The van der Waals surface area contributed by atoms with Crippen LogP contribution >= 0.6 is 0 Å². The van der Waals surface area contributed by atoms with E-state index in [1.165, 1.54) is 13.3 Å². The number of carbonyl (C=O) groups excluding carboxylic acids is 1. The van der Waals surface area contributed by atoms with Gasteiger partial charge in [-0.1, -0.05) is 5.16 Å². The van der Waals surface area contributed by atoms with Crippen molar-refractivity contribution in [3.05, 3.63) is 48.0 Å². The fourth-order valence-electron chi connectivity index (χ4n) is 2.56. The largest absolute Gasteiger partial charge is 0.493 e. The molecule has 2 aromatic heterocycles. The first-order valence-corrected chi connectivity index (χ1v) is 8.31. The first-order valence-electron chi connectivity index (χ1n) is 8.31. The van der Waals surface area contributed by atoms with Crippen molar-refractivity contribution < 1.29 is 23.5 Å². The second-order valence-electron chi connectivity index (χ2n) is 5.75. The zero-order valence-corrected chi connectivity index (χ0v) is 15.9. The number of benzene rings is 1. The molecule has 0 aliphatic carbocycles. The van der Waals surface area contributed by atoms with E-state index in [2.05, 4.69) is 20.8 Å². The molecule has 0 bridgehead atoms. The number of anilines is 3. The maximum atomic E-state index is 12.4. The van der Waals surface area contributed by atoms with Crippen LogP contribution in [0.15, 0.2) is 41.1 Å². The molecule has 0 saturated heterocycles. The van der Waals surface area contributed by atoms with Gasteiger partial charge in [0.25, 0.3) is 5.91 Å². The Hall–Kier alpha value is -3.75. The summed E-state index contributed by atoms with van der Waals surface area (Å²) >= 11 is 0. The molecule has 0 radical (unpaired) electrons. The van der Waals surface area contributed by atoms with Gasteiger partial charge in [0.2, 0.25) is 5.75 Å². The fraction of sp³-hybridized carbons (Fsp3) is 0.211. The van der Waals surface area contributed by atoms with E-state index in [0.717, 1.165) is 0 Å². The topological polar surface area (TPSA) is 108 Å². The zero-order valence-electron chi connectivity index (χ0n) is 15.9.